The van der Waals surface area contributed by atoms with Crippen LogP contribution in [-0.2, 0) is 0 Å². The predicted octanol–water partition coefficient (Wildman–Crippen LogP) is 4.62. The van der Waals surface area contributed by atoms with E-state index in [1.165, 1.54) is 6.42 Å². The molecule has 0 radical (unpaired) electrons. The van der Waals surface area contributed by atoms with E-state index >= 15 is 0 Å². The highest BCUT2D eigenvalue weighted by Crippen LogP contribution is 2.33. The zero-order valence-corrected chi connectivity index (χ0v) is 19.5. The molecule has 7 nitrogen and oxygen atoms in total. The lowest BCUT2D eigenvalue weighted by Gasteiger charge is -2.35. The molecule has 174 valence electrons. The van der Waals surface area contributed by atoms with Crippen molar-refractivity contribution < 1.29 is 18.8 Å². The number of rotatable bonds is 8. The van der Waals surface area contributed by atoms with Crippen LogP contribution in [0.1, 0.15) is 46.9 Å². The molecule has 0 spiro atoms. The molecule has 33 heavy (non-hydrogen) atoms. The molecule has 1 aliphatic heterocycles. The van der Waals surface area contributed by atoms with Crippen LogP contribution in [0.15, 0.2) is 53.1 Å². The van der Waals surface area contributed by atoms with Crippen LogP contribution in [0.3, 0.4) is 0 Å². The summed E-state index contributed by atoms with van der Waals surface area (Å²) in [6.45, 7) is 4.48. The van der Waals surface area contributed by atoms with E-state index in [9.17, 15) is 4.79 Å². The lowest BCUT2D eigenvalue weighted by atomic mass is 10.0. The van der Waals surface area contributed by atoms with Crippen molar-refractivity contribution in [2.24, 2.45) is 0 Å². The van der Waals surface area contributed by atoms with E-state index in [1.54, 1.807) is 20.3 Å². The van der Waals surface area contributed by atoms with E-state index < -0.39 is 0 Å². The highest BCUT2D eigenvalue weighted by Gasteiger charge is 2.25. The van der Waals surface area contributed by atoms with E-state index in [1.807, 2.05) is 49.4 Å². The van der Waals surface area contributed by atoms with Gasteiger partial charge in [-0.1, -0.05) is 47.5 Å². The quantitative estimate of drug-likeness (QED) is 0.541. The van der Waals surface area contributed by atoms with Gasteiger partial charge in [0, 0.05) is 18.2 Å². The van der Waals surface area contributed by atoms with Gasteiger partial charge >= 0.3 is 0 Å². The number of nitrogens with zero attached hydrogens (tertiary/aromatic N) is 2. The molecule has 1 amide bonds. The fourth-order valence-corrected chi connectivity index (χ4v) is 4.26. The maximum Gasteiger partial charge on any atom is 0.273 e. The molecule has 4 rings (SSSR count). The summed E-state index contributed by atoms with van der Waals surface area (Å²) in [6, 6.07) is 15.6. The van der Waals surface area contributed by atoms with Gasteiger partial charge in [0.15, 0.2) is 23.0 Å². The SMILES string of the molecule is COc1ccc([C@@H](CNC(=O)c2cc(-c3ccc(C)cc3)on2)N2CCCCC2)cc1OC. The third kappa shape index (κ3) is 5.37. The second kappa shape index (κ2) is 10.5. The average molecular weight is 450 g/mol. The molecular formula is C26H31N3O4. The van der Waals surface area contributed by atoms with Gasteiger partial charge in [0.1, 0.15) is 0 Å². The van der Waals surface area contributed by atoms with E-state index in [4.69, 9.17) is 14.0 Å². The van der Waals surface area contributed by atoms with Gasteiger partial charge in [0.2, 0.25) is 0 Å². The number of carbonyl (C=O) groups excluding carboxylic acids is 1. The number of likely N-dealkylation sites (tertiary alicyclic amines) is 1. The number of nitrogens with one attached hydrogen (secondary N) is 1. The minimum Gasteiger partial charge on any atom is -0.493 e. The molecule has 0 saturated carbocycles. The number of piperidine rings is 1. The number of methoxy groups -OCH3 is 2. The van der Waals surface area contributed by atoms with Gasteiger partial charge in [-0.3, -0.25) is 9.69 Å². The van der Waals surface area contributed by atoms with Crippen molar-refractivity contribution >= 4 is 5.91 Å². The molecule has 1 aromatic heterocycles. The van der Waals surface area contributed by atoms with Gasteiger partial charge in [0.25, 0.3) is 5.91 Å². The summed E-state index contributed by atoms with van der Waals surface area (Å²) in [5, 5.41) is 7.05. The second-order valence-electron chi connectivity index (χ2n) is 8.38. The lowest BCUT2D eigenvalue weighted by Crippen LogP contribution is -2.40. The molecule has 1 atom stereocenters. The summed E-state index contributed by atoms with van der Waals surface area (Å²) in [5.41, 5.74) is 3.41. The summed E-state index contributed by atoms with van der Waals surface area (Å²) in [6.07, 6.45) is 3.55. The lowest BCUT2D eigenvalue weighted by molar-refractivity contribution is 0.0915. The monoisotopic (exact) mass is 449 g/mol. The number of carbonyl (C=O) groups is 1. The Balaban J connectivity index is 1.50. The van der Waals surface area contributed by atoms with Gasteiger partial charge in [-0.05, 0) is 50.6 Å². The van der Waals surface area contributed by atoms with Crippen molar-refractivity contribution in [2.45, 2.75) is 32.2 Å². The van der Waals surface area contributed by atoms with Crippen LogP contribution in [0.2, 0.25) is 0 Å². The molecule has 7 heteroatoms. The summed E-state index contributed by atoms with van der Waals surface area (Å²) in [7, 11) is 3.26. The molecule has 1 aliphatic rings. The van der Waals surface area contributed by atoms with Crippen molar-refractivity contribution in [1.29, 1.82) is 0 Å². The summed E-state index contributed by atoms with van der Waals surface area (Å²) < 4.78 is 16.3. The summed E-state index contributed by atoms with van der Waals surface area (Å²) >= 11 is 0. The van der Waals surface area contributed by atoms with Gasteiger partial charge in [-0.2, -0.15) is 0 Å². The van der Waals surface area contributed by atoms with Crippen LogP contribution in [0.5, 0.6) is 11.5 Å². The number of hydrogen-bond acceptors (Lipinski definition) is 6. The fourth-order valence-electron chi connectivity index (χ4n) is 4.26. The first-order valence-corrected chi connectivity index (χ1v) is 11.4. The summed E-state index contributed by atoms with van der Waals surface area (Å²) in [5.74, 6) is 1.70. The Labute approximate surface area is 194 Å². The Hall–Kier alpha value is -3.32. The predicted molar refractivity (Wildman–Crippen MR) is 127 cm³/mol. The molecule has 0 unspecified atom stereocenters. The number of ether oxygens (including phenoxy) is 2. The number of amides is 1. The van der Waals surface area contributed by atoms with Crippen molar-refractivity contribution in [3.05, 3.63) is 65.4 Å². The van der Waals surface area contributed by atoms with Gasteiger partial charge < -0.3 is 19.3 Å². The van der Waals surface area contributed by atoms with Gasteiger partial charge in [-0.25, -0.2) is 0 Å². The van der Waals surface area contributed by atoms with E-state index in [2.05, 4.69) is 15.4 Å². The molecule has 1 saturated heterocycles. The average Bonchev–Trinajstić information content (AvgIpc) is 3.35. The first-order valence-electron chi connectivity index (χ1n) is 11.4. The van der Waals surface area contributed by atoms with Crippen LogP contribution >= 0.6 is 0 Å². The molecule has 1 fully saturated rings. The zero-order valence-electron chi connectivity index (χ0n) is 19.5. The Kier molecular flexibility index (Phi) is 7.29. The topological polar surface area (TPSA) is 76.8 Å². The first kappa shape index (κ1) is 22.9. The number of aromatic nitrogens is 1. The highest BCUT2D eigenvalue weighted by atomic mass is 16.5. The van der Waals surface area contributed by atoms with Crippen molar-refractivity contribution in [2.75, 3.05) is 33.9 Å². The Morgan fingerprint density at radius 3 is 2.45 bits per heavy atom. The third-order valence-corrected chi connectivity index (χ3v) is 6.16. The van der Waals surface area contributed by atoms with Crippen LogP contribution in [0.25, 0.3) is 11.3 Å². The zero-order chi connectivity index (χ0) is 23.2. The summed E-state index contributed by atoms with van der Waals surface area (Å²) in [4.78, 5) is 15.3. The number of benzene rings is 2. The number of aryl methyl sites for hydroxylation is 1. The van der Waals surface area contributed by atoms with Crippen LogP contribution in [0.4, 0.5) is 0 Å². The van der Waals surface area contributed by atoms with Crippen LogP contribution in [-0.4, -0.2) is 49.8 Å². The van der Waals surface area contributed by atoms with Crippen molar-refractivity contribution in [3.63, 3.8) is 0 Å². The maximum absolute atomic E-state index is 12.9. The third-order valence-electron chi connectivity index (χ3n) is 6.16. The van der Waals surface area contributed by atoms with E-state index in [-0.39, 0.29) is 17.6 Å². The largest absolute Gasteiger partial charge is 0.493 e. The molecule has 3 aromatic rings. The first-order chi connectivity index (χ1) is 16.1. The smallest absolute Gasteiger partial charge is 0.273 e. The Morgan fingerprint density at radius 1 is 1.03 bits per heavy atom. The number of hydrogen-bond donors (Lipinski definition) is 1. The molecule has 2 aromatic carbocycles. The Morgan fingerprint density at radius 2 is 1.76 bits per heavy atom. The Bertz CT molecular complexity index is 1070. The minimum atomic E-state index is -0.250. The molecule has 0 aliphatic carbocycles. The maximum atomic E-state index is 12.9. The minimum absolute atomic E-state index is 0.0255. The van der Waals surface area contributed by atoms with Crippen LogP contribution in [0, 0.1) is 6.92 Å². The molecular weight excluding hydrogens is 418 g/mol. The van der Waals surface area contributed by atoms with Gasteiger partial charge in [-0.15, -0.1) is 0 Å². The molecule has 2 heterocycles. The standard InChI is InChI=1S/C26H31N3O4/c1-18-7-9-19(10-8-18)24-16-21(28-33-24)26(30)27-17-22(29-13-5-4-6-14-29)20-11-12-23(31-2)25(15-20)32-3/h7-12,15-16,22H,4-6,13-14,17H2,1-3H3,(H,27,30)/t22-/m1/s1. The second-order valence-corrected chi connectivity index (χ2v) is 8.38. The van der Waals surface area contributed by atoms with Crippen LogP contribution < -0.4 is 14.8 Å². The molecule has 0 bridgehead atoms. The van der Waals surface area contributed by atoms with Crippen molar-refractivity contribution in [1.82, 2.24) is 15.4 Å². The fraction of sp³-hybridized carbons (Fsp3) is 0.385. The van der Waals surface area contributed by atoms with E-state index in [0.29, 0.717) is 23.8 Å². The van der Waals surface area contributed by atoms with Gasteiger partial charge in [0.05, 0.1) is 20.3 Å². The van der Waals surface area contributed by atoms with Crippen molar-refractivity contribution in [3.8, 4) is 22.8 Å². The molecule has 1 N–H and O–H groups in total. The van der Waals surface area contributed by atoms with E-state index in [0.717, 1.165) is 42.6 Å². The highest BCUT2D eigenvalue weighted by molar-refractivity contribution is 5.93. The normalized spacial score (nSPS) is 15.1.